The molecule has 0 amide bonds. The number of piperidine rings is 3. The lowest BCUT2D eigenvalue weighted by Gasteiger charge is -2.58. The van der Waals surface area contributed by atoms with Gasteiger partial charge in [-0.3, -0.25) is 4.98 Å². The number of aliphatic hydroxyl groups is 1. The molecule has 0 radical (unpaired) electrons. The lowest BCUT2D eigenvalue weighted by Crippen LogP contribution is -2.67. The molecule has 1 aromatic heterocycles. The fourth-order valence-electron chi connectivity index (χ4n) is 7.13. The summed E-state index contributed by atoms with van der Waals surface area (Å²) in [5.74, 6) is 1.86. The number of aliphatic hydroxyl groups excluding tert-OH is 1. The molecule has 4 heteroatoms. The van der Waals surface area contributed by atoms with E-state index in [2.05, 4.69) is 77.4 Å². The molecule has 3 aliphatic heterocycles. The summed E-state index contributed by atoms with van der Waals surface area (Å²) in [4.78, 5) is 4.58. The van der Waals surface area contributed by atoms with Crippen molar-refractivity contribution in [3.8, 4) is 5.75 Å². The molecular weight excluding hydrogens is 480 g/mol. The van der Waals surface area contributed by atoms with Crippen LogP contribution in [0.2, 0.25) is 0 Å². The van der Waals surface area contributed by atoms with Crippen molar-refractivity contribution in [3.05, 3.63) is 83.6 Å². The van der Waals surface area contributed by atoms with Gasteiger partial charge in [0.05, 0.1) is 25.7 Å². The first kappa shape index (κ1) is 27.9. The van der Waals surface area contributed by atoms with Gasteiger partial charge in [-0.2, -0.15) is 0 Å². The second kappa shape index (κ2) is 10.1. The summed E-state index contributed by atoms with van der Waals surface area (Å²) in [6.45, 7) is 21.1. The molecule has 4 heterocycles. The minimum atomic E-state index is -0.580. The number of pyridine rings is 1. The third-order valence-electron chi connectivity index (χ3n) is 9.56. The number of ether oxygens (including phenoxy) is 1. The molecule has 0 saturated carbocycles. The van der Waals surface area contributed by atoms with Gasteiger partial charge in [0.25, 0.3) is 0 Å². The third-order valence-corrected chi connectivity index (χ3v) is 9.56. The first-order valence-corrected chi connectivity index (χ1v) is 14.6. The standard InChI is InChI=1S/C35H47N2O2/c1-9-24-22-37(21-23-16-26(34(2,3)4)19-27(17-23)35(5,6)7)15-13-25(24)18-32(37)33(38)29-12-14-36-31-11-10-28(39-8)20-30(29)31/h9-12,14,16-17,19-20,24-25,32-33,38H,1,13,15,18,21-22H2,2-8H3/q+1/t24-,25-,32+,33-,37?/m0/s1. The number of hydrogen-bond acceptors (Lipinski definition) is 3. The molecule has 1 unspecified atom stereocenters. The summed E-state index contributed by atoms with van der Waals surface area (Å²) in [5, 5.41) is 13.2. The number of benzene rings is 2. The van der Waals surface area contributed by atoms with Crippen molar-refractivity contribution in [1.29, 1.82) is 0 Å². The molecular formula is C35H47N2O2+. The highest BCUT2D eigenvalue weighted by Crippen LogP contribution is 2.48. The predicted molar refractivity (Wildman–Crippen MR) is 161 cm³/mol. The molecule has 3 aromatic rings. The number of methoxy groups -OCH3 is 1. The van der Waals surface area contributed by atoms with Crippen LogP contribution in [0.4, 0.5) is 0 Å². The molecule has 1 N–H and O–H groups in total. The van der Waals surface area contributed by atoms with Gasteiger partial charge < -0.3 is 14.3 Å². The van der Waals surface area contributed by atoms with Crippen LogP contribution in [-0.2, 0) is 17.4 Å². The first-order chi connectivity index (χ1) is 18.3. The summed E-state index contributed by atoms with van der Waals surface area (Å²) in [7, 11) is 1.69. The molecule has 208 valence electrons. The van der Waals surface area contributed by atoms with Gasteiger partial charge >= 0.3 is 0 Å². The molecule has 0 aliphatic carbocycles. The van der Waals surface area contributed by atoms with Crippen LogP contribution in [0.3, 0.4) is 0 Å². The Morgan fingerprint density at radius 1 is 1.05 bits per heavy atom. The average Bonchev–Trinajstić information content (AvgIpc) is 2.90. The zero-order valence-corrected chi connectivity index (χ0v) is 25.0. The predicted octanol–water partition coefficient (Wildman–Crippen LogP) is 7.48. The van der Waals surface area contributed by atoms with Crippen molar-refractivity contribution in [2.75, 3.05) is 20.2 Å². The van der Waals surface area contributed by atoms with Crippen molar-refractivity contribution in [2.45, 2.75) is 83.9 Å². The average molecular weight is 528 g/mol. The minimum absolute atomic E-state index is 0.0719. The topological polar surface area (TPSA) is 42.4 Å². The van der Waals surface area contributed by atoms with Gasteiger partial charge in [0.15, 0.2) is 0 Å². The van der Waals surface area contributed by atoms with Gasteiger partial charge in [0.2, 0.25) is 0 Å². The Bertz CT molecular complexity index is 1330. The highest BCUT2D eigenvalue weighted by atomic mass is 16.5. The molecule has 39 heavy (non-hydrogen) atoms. The number of quaternary nitrogens is 1. The van der Waals surface area contributed by atoms with Crippen LogP contribution in [-0.4, -0.2) is 40.8 Å². The number of nitrogens with zero attached hydrogens (tertiary/aromatic N) is 2. The number of fused-ring (bicyclic) bond motifs is 4. The maximum Gasteiger partial charge on any atom is 0.131 e. The van der Waals surface area contributed by atoms with Crippen LogP contribution in [0, 0.1) is 11.8 Å². The van der Waals surface area contributed by atoms with E-state index in [4.69, 9.17) is 4.74 Å². The first-order valence-electron chi connectivity index (χ1n) is 14.6. The van der Waals surface area contributed by atoms with Crippen LogP contribution in [0.15, 0.2) is 61.3 Å². The van der Waals surface area contributed by atoms with Gasteiger partial charge in [0.1, 0.15) is 24.4 Å². The Labute approximate surface area is 235 Å². The lowest BCUT2D eigenvalue weighted by molar-refractivity contribution is -0.984. The fourth-order valence-corrected chi connectivity index (χ4v) is 7.13. The van der Waals surface area contributed by atoms with E-state index in [1.165, 1.54) is 23.1 Å². The van der Waals surface area contributed by atoms with E-state index < -0.39 is 6.10 Å². The Kier molecular flexibility index (Phi) is 7.18. The Balaban J connectivity index is 1.60. The normalized spacial score (nSPS) is 26.0. The van der Waals surface area contributed by atoms with Crippen LogP contribution in [0.1, 0.15) is 82.7 Å². The highest BCUT2D eigenvalue weighted by Gasteiger charge is 2.54. The largest absolute Gasteiger partial charge is 0.497 e. The van der Waals surface area contributed by atoms with E-state index >= 15 is 0 Å². The smallest absolute Gasteiger partial charge is 0.131 e. The molecule has 2 bridgehead atoms. The molecule has 0 spiro atoms. The van der Waals surface area contributed by atoms with Gasteiger partial charge in [-0.15, -0.1) is 6.58 Å². The summed E-state index contributed by atoms with van der Waals surface area (Å²) in [6.07, 6.45) is 5.64. The van der Waals surface area contributed by atoms with Crippen LogP contribution in [0.25, 0.3) is 10.9 Å². The van der Waals surface area contributed by atoms with Crippen molar-refractivity contribution >= 4 is 10.9 Å². The Hall–Kier alpha value is -2.69. The molecule has 5 atom stereocenters. The molecule has 3 fully saturated rings. The molecule has 6 rings (SSSR count). The maximum atomic E-state index is 12.2. The summed E-state index contributed by atoms with van der Waals surface area (Å²) in [6, 6.07) is 15.3. The van der Waals surface area contributed by atoms with Crippen molar-refractivity contribution in [3.63, 3.8) is 0 Å². The second-order valence-electron chi connectivity index (χ2n) is 14.2. The van der Waals surface area contributed by atoms with Crippen LogP contribution in [0.5, 0.6) is 5.75 Å². The summed E-state index contributed by atoms with van der Waals surface area (Å²) < 4.78 is 6.43. The summed E-state index contributed by atoms with van der Waals surface area (Å²) in [5.41, 5.74) is 6.16. The van der Waals surface area contributed by atoms with Crippen molar-refractivity contribution in [2.24, 2.45) is 11.8 Å². The van der Waals surface area contributed by atoms with E-state index in [0.717, 1.165) is 52.8 Å². The van der Waals surface area contributed by atoms with Gasteiger partial charge in [-0.25, -0.2) is 0 Å². The zero-order chi connectivity index (χ0) is 28.2. The van der Waals surface area contributed by atoms with Crippen molar-refractivity contribution in [1.82, 2.24) is 4.98 Å². The minimum Gasteiger partial charge on any atom is -0.497 e. The highest BCUT2D eigenvalue weighted by molar-refractivity contribution is 5.83. The maximum absolute atomic E-state index is 12.2. The quantitative estimate of drug-likeness (QED) is 0.267. The SMILES string of the molecule is C=C[C@H]1C[N+]2(Cc3cc(C(C)(C)C)cc(C(C)(C)C)c3)CC[C@H]1C[C@@H]2[C@@H](O)c1ccnc2ccc(OC)cc12. The second-order valence-corrected chi connectivity index (χ2v) is 14.2. The lowest BCUT2D eigenvalue weighted by atomic mass is 9.71. The molecule has 4 nitrogen and oxygen atoms in total. The van der Waals surface area contributed by atoms with Gasteiger partial charge in [-0.1, -0.05) is 53.7 Å². The molecule has 2 aromatic carbocycles. The molecule has 3 aliphatic rings. The van der Waals surface area contributed by atoms with Gasteiger partial charge in [-0.05, 0) is 69.8 Å². The van der Waals surface area contributed by atoms with E-state index in [0.29, 0.717) is 11.8 Å². The van der Waals surface area contributed by atoms with Crippen molar-refractivity contribution < 1.29 is 14.3 Å². The number of rotatable bonds is 6. The number of aromatic nitrogens is 1. The zero-order valence-electron chi connectivity index (χ0n) is 25.0. The fraction of sp³-hybridized carbons (Fsp3) is 0.514. The Morgan fingerprint density at radius 3 is 2.36 bits per heavy atom. The van der Waals surface area contributed by atoms with E-state index in [-0.39, 0.29) is 16.9 Å². The van der Waals surface area contributed by atoms with Crippen LogP contribution >= 0.6 is 0 Å². The van der Waals surface area contributed by atoms with Gasteiger partial charge in [0, 0.05) is 35.9 Å². The monoisotopic (exact) mass is 527 g/mol. The van der Waals surface area contributed by atoms with Crippen LogP contribution < -0.4 is 4.74 Å². The number of hydrogen-bond donors (Lipinski definition) is 1. The third kappa shape index (κ3) is 5.26. The van der Waals surface area contributed by atoms with E-state index in [9.17, 15) is 5.11 Å². The Morgan fingerprint density at radius 2 is 1.74 bits per heavy atom. The molecule has 3 saturated heterocycles. The van der Waals surface area contributed by atoms with E-state index in [1.807, 2.05) is 30.5 Å². The van der Waals surface area contributed by atoms with E-state index in [1.54, 1.807) is 7.11 Å². The summed E-state index contributed by atoms with van der Waals surface area (Å²) >= 11 is 0.